The number of aromatic nitrogens is 2. The van der Waals surface area contributed by atoms with Crippen LogP contribution in [0.2, 0.25) is 0 Å². The second-order valence-electron chi connectivity index (χ2n) is 5.59. The molecule has 0 aliphatic rings. The summed E-state index contributed by atoms with van der Waals surface area (Å²) in [5.41, 5.74) is 3.90. The Bertz CT molecular complexity index is 1200. The van der Waals surface area contributed by atoms with Gasteiger partial charge in [0.05, 0.1) is 11.0 Å². The number of fused-ring (bicyclic) bond motifs is 7. The lowest BCUT2D eigenvalue weighted by molar-refractivity contribution is 0.405. The third kappa shape index (κ3) is 1.31. The van der Waals surface area contributed by atoms with Crippen molar-refractivity contribution in [1.82, 2.24) is 9.97 Å². The number of aromatic amines is 2. The molecule has 0 radical (unpaired) electrons. The van der Waals surface area contributed by atoms with E-state index >= 15 is 0 Å². The van der Waals surface area contributed by atoms with E-state index in [9.17, 15) is 10.2 Å². The maximum Gasteiger partial charge on any atom is 0.159 e. The van der Waals surface area contributed by atoms with Crippen molar-refractivity contribution in [2.75, 3.05) is 0 Å². The van der Waals surface area contributed by atoms with E-state index in [1.807, 2.05) is 18.2 Å². The summed E-state index contributed by atoms with van der Waals surface area (Å²) in [5.74, 6) is -0.228. The van der Waals surface area contributed by atoms with Crippen molar-refractivity contribution in [1.29, 1.82) is 0 Å². The topological polar surface area (TPSA) is 72.0 Å². The molecule has 0 spiro atoms. The van der Waals surface area contributed by atoms with Crippen LogP contribution in [0.3, 0.4) is 0 Å². The molecule has 0 bridgehead atoms. The van der Waals surface area contributed by atoms with Gasteiger partial charge in [-0.3, -0.25) is 0 Å². The van der Waals surface area contributed by atoms with E-state index in [0.29, 0.717) is 0 Å². The number of H-pyrrole nitrogens is 2. The predicted octanol–water partition coefficient (Wildman–Crippen LogP) is 4.37. The zero-order valence-electron chi connectivity index (χ0n) is 11.5. The molecule has 4 N–H and O–H groups in total. The second-order valence-corrected chi connectivity index (χ2v) is 5.59. The number of nitrogens with one attached hydrogen (secondary N) is 2. The Morgan fingerprint density at radius 2 is 1.45 bits per heavy atom. The van der Waals surface area contributed by atoms with Crippen molar-refractivity contribution < 1.29 is 10.2 Å². The minimum Gasteiger partial charge on any atom is -0.504 e. The third-order valence-electron chi connectivity index (χ3n) is 4.34. The molecule has 5 rings (SSSR count). The summed E-state index contributed by atoms with van der Waals surface area (Å²) >= 11 is 0. The molecule has 3 aromatic carbocycles. The van der Waals surface area contributed by atoms with E-state index in [2.05, 4.69) is 28.2 Å². The van der Waals surface area contributed by atoms with Gasteiger partial charge in [-0.05, 0) is 18.2 Å². The van der Waals surface area contributed by atoms with Gasteiger partial charge in [0.15, 0.2) is 11.5 Å². The zero-order chi connectivity index (χ0) is 14.8. The van der Waals surface area contributed by atoms with Gasteiger partial charge in [-0.25, -0.2) is 0 Å². The van der Waals surface area contributed by atoms with Crippen molar-refractivity contribution in [3.8, 4) is 11.5 Å². The second kappa shape index (κ2) is 3.74. The summed E-state index contributed by atoms with van der Waals surface area (Å²) in [6.07, 6.45) is 0. The first-order valence-corrected chi connectivity index (χ1v) is 7.09. The quantitative estimate of drug-likeness (QED) is 0.320. The molecule has 0 amide bonds. The van der Waals surface area contributed by atoms with Crippen LogP contribution < -0.4 is 0 Å². The van der Waals surface area contributed by atoms with E-state index in [-0.39, 0.29) is 11.5 Å². The normalized spacial score (nSPS) is 12.0. The largest absolute Gasteiger partial charge is 0.504 e. The van der Waals surface area contributed by atoms with E-state index in [1.54, 1.807) is 12.1 Å². The first-order valence-electron chi connectivity index (χ1n) is 7.09. The molecule has 4 heteroatoms. The van der Waals surface area contributed by atoms with Gasteiger partial charge in [0.25, 0.3) is 0 Å². The Morgan fingerprint density at radius 1 is 0.636 bits per heavy atom. The standard InChI is InChI=1S/C18H12N2O2/c21-15-7-11-14(8-16(15)22)19-13-6-5-10-9-3-1-2-4-12(9)20-18(10)17(11)13/h1-8,19-22H. The SMILES string of the molecule is Oc1cc2[nH]c3ccc4c5ccccc5[nH]c4c3c2cc1O. The highest BCUT2D eigenvalue weighted by Crippen LogP contribution is 2.38. The van der Waals surface area contributed by atoms with Gasteiger partial charge in [0.1, 0.15) is 0 Å². The minimum absolute atomic E-state index is 0.110. The van der Waals surface area contributed by atoms with Gasteiger partial charge in [0, 0.05) is 38.6 Å². The van der Waals surface area contributed by atoms with Crippen molar-refractivity contribution in [2.24, 2.45) is 0 Å². The Morgan fingerprint density at radius 3 is 2.36 bits per heavy atom. The highest BCUT2D eigenvalue weighted by molar-refractivity contribution is 6.24. The number of hydrogen-bond acceptors (Lipinski definition) is 2. The Hall–Kier alpha value is -3.14. The van der Waals surface area contributed by atoms with Gasteiger partial charge in [0.2, 0.25) is 0 Å². The molecule has 2 heterocycles. The molecule has 0 saturated heterocycles. The van der Waals surface area contributed by atoms with Gasteiger partial charge in [-0.2, -0.15) is 0 Å². The molecule has 0 aliphatic heterocycles. The molecule has 0 fully saturated rings. The van der Waals surface area contributed by atoms with Crippen LogP contribution in [-0.2, 0) is 0 Å². The summed E-state index contributed by atoms with van der Waals surface area (Å²) in [6.45, 7) is 0. The first-order chi connectivity index (χ1) is 10.7. The van der Waals surface area contributed by atoms with Crippen LogP contribution in [0.25, 0.3) is 43.6 Å². The predicted molar refractivity (Wildman–Crippen MR) is 88.5 cm³/mol. The van der Waals surface area contributed by atoms with Crippen LogP contribution in [0.15, 0.2) is 48.5 Å². The fourth-order valence-corrected chi connectivity index (χ4v) is 3.33. The summed E-state index contributed by atoms with van der Waals surface area (Å²) in [4.78, 5) is 6.76. The number of phenolic OH excluding ortho intramolecular Hbond substituents is 2. The average Bonchev–Trinajstić information content (AvgIpc) is 3.05. The summed E-state index contributed by atoms with van der Waals surface area (Å²) < 4.78 is 0. The summed E-state index contributed by atoms with van der Waals surface area (Å²) in [6, 6.07) is 15.5. The van der Waals surface area contributed by atoms with Crippen LogP contribution in [0.4, 0.5) is 0 Å². The molecule has 5 aromatic rings. The maximum atomic E-state index is 9.83. The van der Waals surface area contributed by atoms with Crippen molar-refractivity contribution in [2.45, 2.75) is 0 Å². The number of rotatable bonds is 0. The smallest absolute Gasteiger partial charge is 0.159 e. The summed E-state index contributed by atoms with van der Waals surface area (Å²) in [5, 5.41) is 23.8. The van der Waals surface area contributed by atoms with Crippen LogP contribution in [0.1, 0.15) is 0 Å². The lowest BCUT2D eigenvalue weighted by atomic mass is 10.1. The molecule has 0 saturated carbocycles. The van der Waals surface area contributed by atoms with E-state index in [0.717, 1.165) is 38.2 Å². The van der Waals surface area contributed by atoms with E-state index in [1.165, 1.54) is 5.39 Å². The first kappa shape index (κ1) is 11.5. The fraction of sp³-hybridized carbons (Fsp3) is 0. The van der Waals surface area contributed by atoms with Crippen molar-refractivity contribution in [3.05, 3.63) is 48.5 Å². The van der Waals surface area contributed by atoms with Crippen LogP contribution in [-0.4, -0.2) is 20.2 Å². The fourth-order valence-electron chi connectivity index (χ4n) is 3.33. The van der Waals surface area contributed by atoms with E-state index in [4.69, 9.17) is 0 Å². The zero-order valence-corrected chi connectivity index (χ0v) is 11.5. The lowest BCUT2D eigenvalue weighted by Gasteiger charge is -1.98. The summed E-state index contributed by atoms with van der Waals surface area (Å²) in [7, 11) is 0. The average molecular weight is 288 g/mol. The van der Waals surface area contributed by atoms with Gasteiger partial charge in [-0.15, -0.1) is 0 Å². The molecule has 0 unspecified atom stereocenters. The minimum atomic E-state index is -0.119. The molecular weight excluding hydrogens is 276 g/mol. The van der Waals surface area contributed by atoms with Gasteiger partial charge < -0.3 is 20.2 Å². The van der Waals surface area contributed by atoms with Gasteiger partial charge in [-0.1, -0.05) is 24.3 Å². The maximum absolute atomic E-state index is 9.83. The number of aromatic hydroxyl groups is 2. The van der Waals surface area contributed by atoms with Crippen LogP contribution in [0.5, 0.6) is 11.5 Å². The van der Waals surface area contributed by atoms with Gasteiger partial charge >= 0.3 is 0 Å². The Labute approximate surface area is 124 Å². The third-order valence-corrected chi connectivity index (χ3v) is 4.34. The van der Waals surface area contributed by atoms with Crippen molar-refractivity contribution >= 4 is 43.6 Å². The molecule has 106 valence electrons. The molecular formula is C18H12N2O2. The number of benzene rings is 3. The highest BCUT2D eigenvalue weighted by Gasteiger charge is 2.13. The van der Waals surface area contributed by atoms with Crippen LogP contribution >= 0.6 is 0 Å². The highest BCUT2D eigenvalue weighted by atomic mass is 16.3. The molecule has 2 aromatic heterocycles. The monoisotopic (exact) mass is 288 g/mol. The van der Waals surface area contributed by atoms with Crippen molar-refractivity contribution in [3.63, 3.8) is 0 Å². The lowest BCUT2D eigenvalue weighted by Crippen LogP contribution is -1.73. The number of hydrogen-bond donors (Lipinski definition) is 4. The molecule has 4 nitrogen and oxygen atoms in total. The van der Waals surface area contributed by atoms with E-state index < -0.39 is 0 Å². The number of para-hydroxylation sites is 1. The molecule has 0 aliphatic carbocycles. The Kier molecular flexibility index (Phi) is 1.96. The molecule has 0 atom stereocenters. The number of phenols is 2. The Balaban J connectivity index is 2.08. The van der Waals surface area contributed by atoms with Crippen LogP contribution in [0, 0.1) is 0 Å². The molecule has 22 heavy (non-hydrogen) atoms.